The molecular weight excluding hydrogens is 584 g/mol. The summed E-state index contributed by atoms with van der Waals surface area (Å²) in [6.45, 7) is 4.27. The Kier molecular flexibility index (Phi) is 31.3. The fourth-order valence-electron chi connectivity index (χ4n) is 5.85. The summed E-state index contributed by atoms with van der Waals surface area (Å²) in [4.78, 5) is 45.1. The van der Waals surface area contributed by atoms with Gasteiger partial charge in [0, 0.05) is 24.8 Å². The first-order valence-corrected chi connectivity index (χ1v) is 19.1. The third kappa shape index (κ3) is 31.8. The summed E-state index contributed by atoms with van der Waals surface area (Å²) < 4.78 is 11.3. The smallest absolute Gasteiger partial charge is 0.306 e. The Bertz CT molecular complexity index is 691. The monoisotopic (exact) mass is 652 g/mol. The fraction of sp³-hybridized carbons (Fsp3) is 0.895. The van der Waals surface area contributed by atoms with Gasteiger partial charge in [-0.05, 0) is 64.2 Å². The number of carbonyl (C=O) groups is 4. The third-order valence-electron chi connectivity index (χ3n) is 8.68. The van der Waals surface area contributed by atoms with E-state index in [9.17, 15) is 29.4 Å². The molecule has 270 valence electrons. The van der Waals surface area contributed by atoms with Crippen LogP contribution in [0.3, 0.4) is 0 Å². The quantitative estimate of drug-likeness (QED) is 0.0496. The van der Waals surface area contributed by atoms with Crippen molar-refractivity contribution in [3.8, 4) is 0 Å². The number of unbranched alkanes of at least 4 members (excludes halogenated alkanes) is 17. The molecule has 0 aliphatic carbocycles. The fourth-order valence-corrected chi connectivity index (χ4v) is 5.85. The maximum Gasteiger partial charge on any atom is 0.306 e. The van der Waals surface area contributed by atoms with E-state index in [1.807, 2.05) is 0 Å². The lowest BCUT2D eigenvalue weighted by molar-refractivity contribution is -0.307. The van der Waals surface area contributed by atoms with E-state index in [2.05, 4.69) is 13.8 Å². The Morgan fingerprint density at radius 1 is 0.391 bits per heavy atom. The lowest BCUT2D eigenvalue weighted by atomic mass is 10.0. The molecule has 2 unspecified atom stereocenters. The highest BCUT2D eigenvalue weighted by Crippen LogP contribution is 2.19. The van der Waals surface area contributed by atoms with Gasteiger partial charge in [-0.2, -0.15) is 0 Å². The van der Waals surface area contributed by atoms with Crippen LogP contribution in [0.4, 0.5) is 0 Å². The van der Waals surface area contributed by atoms with Gasteiger partial charge in [-0.3, -0.25) is 9.59 Å². The Labute approximate surface area is 281 Å². The number of aliphatic carboxylic acids is 2. The van der Waals surface area contributed by atoms with Crippen LogP contribution >= 0.6 is 0 Å². The number of hydrogen-bond donors (Lipinski definition) is 0. The average molecular weight is 653 g/mol. The summed E-state index contributed by atoms with van der Waals surface area (Å²) in [5, 5.41) is 21.0. The summed E-state index contributed by atoms with van der Waals surface area (Å²) >= 11 is 0. The Balaban J connectivity index is 3.67. The largest absolute Gasteiger partial charge is 0.550 e. The van der Waals surface area contributed by atoms with Crippen molar-refractivity contribution < 1.29 is 38.9 Å². The average Bonchev–Trinajstić information content (AvgIpc) is 3.01. The molecule has 0 amide bonds. The van der Waals surface area contributed by atoms with Gasteiger partial charge in [0.05, 0.1) is 0 Å². The van der Waals surface area contributed by atoms with E-state index >= 15 is 0 Å². The summed E-state index contributed by atoms with van der Waals surface area (Å²) in [6, 6.07) is 0. The maximum atomic E-state index is 12.0. The van der Waals surface area contributed by atoms with Crippen molar-refractivity contribution in [1.82, 2.24) is 0 Å². The predicted molar refractivity (Wildman–Crippen MR) is 180 cm³/mol. The molecule has 0 aromatic heterocycles. The second kappa shape index (κ2) is 32.8. The third-order valence-corrected chi connectivity index (χ3v) is 8.68. The maximum absolute atomic E-state index is 12.0. The normalized spacial score (nSPS) is 12.5. The number of rotatable bonds is 35. The molecule has 8 heteroatoms. The summed E-state index contributed by atoms with van der Waals surface area (Å²) in [5.74, 6) is -2.80. The minimum absolute atomic E-state index is 0.0368. The molecule has 0 fully saturated rings. The number of hydrogen-bond acceptors (Lipinski definition) is 8. The van der Waals surface area contributed by atoms with E-state index in [4.69, 9.17) is 9.47 Å². The molecule has 46 heavy (non-hydrogen) atoms. The molecule has 0 bridgehead atoms. The topological polar surface area (TPSA) is 133 Å². The molecular formula is C38H68O8-2. The number of carbonyl (C=O) groups excluding carboxylic acids is 4. The van der Waals surface area contributed by atoms with Gasteiger partial charge in [-0.15, -0.1) is 0 Å². The van der Waals surface area contributed by atoms with Gasteiger partial charge in [0.2, 0.25) is 0 Å². The Morgan fingerprint density at radius 2 is 0.652 bits per heavy atom. The van der Waals surface area contributed by atoms with Crippen molar-refractivity contribution in [2.24, 2.45) is 0 Å². The number of esters is 2. The molecule has 0 aliphatic heterocycles. The van der Waals surface area contributed by atoms with Crippen molar-refractivity contribution >= 4 is 23.9 Å². The highest BCUT2D eigenvalue weighted by atomic mass is 16.5. The van der Waals surface area contributed by atoms with Crippen molar-refractivity contribution in [2.45, 2.75) is 219 Å². The number of ether oxygens (including phenoxy) is 2. The minimum atomic E-state index is -1.12. The van der Waals surface area contributed by atoms with Crippen LogP contribution in [-0.2, 0) is 28.7 Å². The van der Waals surface area contributed by atoms with Gasteiger partial charge >= 0.3 is 11.9 Å². The number of carboxylic acid groups (broad SMARTS) is 2. The van der Waals surface area contributed by atoms with Crippen LogP contribution in [0.1, 0.15) is 206 Å². The van der Waals surface area contributed by atoms with Gasteiger partial charge in [0.1, 0.15) is 12.2 Å². The summed E-state index contributed by atoms with van der Waals surface area (Å²) in [5.41, 5.74) is 0. The van der Waals surface area contributed by atoms with Crippen LogP contribution in [0.15, 0.2) is 0 Å². The molecule has 0 aromatic rings. The van der Waals surface area contributed by atoms with E-state index in [0.717, 1.165) is 64.2 Å². The molecule has 0 spiro atoms. The second-order valence-corrected chi connectivity index (χ2v) is 13.2. The lowest BCUT2D eigenvalue weighted by Crippen LogP contribution is -2.23. The van der Waals surface area contributed by atoms with E-state index in [-0.39, 0.29) is 62.7 Å². The number of carboxylic acids is 2. The van der Waals surface area contributed by atoms with Gasteiger partial charge in [0.15, 0.2) is 0 Å². The molecule has 0 heterocycles. The van der Waals surface area contributed by atoms with Gasteiger partial charge < -0.3 is 29.3 Å². The molecule has 0 radical (unpaired) electrons. The van der Waals surface area contributed by atoms with Crippen molar-refractivity contribution in [3.05, 3.63) is 0 Å². The molecule has 0 aromatic carbocycles. The van der Waals surface area contributed by atoms with Crippen molar-refractivity contribution in [2.75, 3.05) is 0 Å². The molecule has 0 rings (SSSR count). The summed E-state index contributed by atoms with van der Waals surface area (Å²) in [7, 11) is 0. The van der Waals surface area contributed by atoms with Gasteiger partial charge in [-0.25, -0.2) is 0 Å². The molecule has 0 N–H and O–H groups in total. The van der Waals surface area contributed by atoms with Crippen LogP contribution < -0.4 is 10.2 Å². The first-order valence-electron chi connectivity index (χ1n) is 19.1. The zero-order chi connectivity index (χ0) is 34.1. The SMILES string of the molecule is CCCCC(CCCCCCCCCCCCCCCCCCC(CCCC)OC(=O)CCCC(=O)[O-])OC(=O)CCCC(=O)[O-]. The standard InChI is InChI=1S/C38H70O8/c1-3-5-25-33(45-37(43)31-23-29-35(39)40)27-21-19-17-15-13-11-9-7-8-10-12-14-16-18-20-22-28-34(26-6-4-2)46-38(44)32-24-30-36(41)42/h33-34H,3-32H2,1-2H3,(H,39,40)(H,41,42)/p-2. The second-order valence-electron chi connectivity index (χ2n) is 13.2. The highest BCUT2D eigenvalue weighted by Gasteiger charge is 2.15. The van der Waals surface area contributed by atoms with Crippen LogP contribution in [-0.4, -0.2) is 36.1 Å². The van der Waals surface area contributed by atoms with Crippen LogP contribution in [0.2, 0.25) is 0 Å². The zero-order valence-corrected chi connectivity index (χ0v) is 29.6. The molecule has 2 atom stereocenters. The predicted octanol–water partition coefficient (Wildman–Crippen LogP) is 8.05. The van der Waals surface area contributed by atoms with Crippen molar-refractivity contribution in [3.63, 3.8) is 0 Å². The van der Waals surface area contributed by atoms with E-state index in [1.165, 1.54) is 89.9 Å². The Hall–Kier alpha value is -2.12. The first-order chi connectivity index (χ1) is 22.3. The van der Waals surface area contributed by atoms with Crippen molar-refractivity contribution in [1.29, 1.82) is 0 Å². The molecule has 8 nitrogen and oxygen atoms in total. The molecule has 0 saturated carbocycles. The van der Waals surface area contributed by atoms with Crippen LogP contribution in [0, 0.1) is 0 Å². The van der Waals surface area contributed by atoms with E-state index in [1.54, 1.807) is 0 Å². The van der Waals surface area contributed by atoms with E-state index in [0.29, 0.717) is 0 Å². The van der Waals surface area contributed by atoms with Crippen LogP contribution in [0.5, 0.6) is 0 Å². The first kappa shape index (κ1) is 43.9. The van der Waals surface area contributed by atoms with E-state index < -0.39 is 11.9 Å². The summed E-state index contributed by atoms with van der Waals surface area (Å²) in [6.07, 6.45) is 28.5. The molecule has 0 saturated heterocycles. The Morgan fingerprint density at radius 3 is 0.913 bits per heavy atom. The van der Waals surface area contributed by atoms with Gasteiger partial charge in [0.25, 0.3) is 0 Å². The zero-order valence-electron chi connectivity index (χ0n) is 29.6. The van der Waals surface area contributed by atoms with Crippen LogP contribution in [0.25, 0.3) is 0 Å². The molecule has 0 aliphatic rings. The van der Waals surface area contributed by atoms with Gasteiger partial charge in [-0.1, -0.05) is 129 Å². The lowest BCUT2D eigenvalue weighted by Gasteiger charge is -2.18. The highest BCUT2D eigenvalue weighted by molar-refractivity contribution is 5.71. The minimum Gasteiger partial charge on any atom is -0.550 e.